The normalized spacial score (nSPS) is 18.3. The Morgan fingerprint density at radius 2 is 1.54 bits per heavy atom. The Morgan fingerprint density at radius 1 is 0.944 bits per heavy atom. The summed E-state index contributed by atoms with van der Waals surface area (Å²) in [7, 11) is 2.40. The molecule has 1 aliphatic rings. The molecule has 0 spiro atoms. The average Bonchev–Trinajstić information content (AvgIpc) is 3.80. The summed E-state index contributed by atoms with van der Waals surface area (Å²) in [6.45, 7) is 9.26. The SMILES string of the molecule is CC(C)[NH+](C(C)C)P(OCCC#N)OCC1OC(n2cnc3c(/N=C\N(C)C)ncnc32)CC1NC(c1ccccc1)(c1ccccc1)c1ccccc1. The number of aromatic nitrogens is 4. The van der Waals surface area contributed by atoms with Gasteiger partial charge in [0.15, 0.2) is 17.0 Å². The number of fused-ring (bicyclic) bond motifs is 1. The van der Waals surface area contributed by atoms with Gasteiger partial charge in [-0.15, -0.1) is 0 Å². The van der Waals surface area contributed by atoms with E-state index in [1.807, 2.05) is 41.8 Å². The van der Waals surface area contributed by atoms with Gasteiger partial charge in [-0.3, -0.25) is 23.6 Å². The molecule has 6 rings (SSSR count). The van der Waals surface area contributed by atoms with Crippen LogP contribution in [0.15, 0.2) is 109 Å². The maximum Gasteiger partial charge on any atom is 0.417 e. The predicted molar refractivity (Wildman–Crippen MR) is 212 cm³/mol. The molecule has 3 heterocycles. The van der Waals surface area contributed by atoms with Crippen LogP contribution in [0.4, 0.5) is 5.82 Å². The van der Waals surface area contributed by atoms with Crippen molar-refractivity contribution in [2.45, 2.75) is 76.5 Å². The van der Waals surface area contributed by atoms with Crippen molar-refractivity contribution in [1.82, 2.24) is 29.7 Å². The number of hydrogen-bond donors (Lipinski definition) is 2. The van der Waals surface area contributed by atoms with E-state index in [1.54, 1.807) is 12.7 Å². The first-order valence-electron chi connectivity index (χ1n) is 18.5. The Balaban J connectivity index is 1.43. The molecule has 2 aromatic heterocycles. The summed E-state index contributed by atoms with van der Waals surface area (Å²) < 4.78 is 23.3. The Hall–Kier alpha value is -4.60. The molecule has 0 aliphatic carbocycles. The number of rotatable bonds is 17. The molecule has 4 unspecified atom stereocenters. The Morgan fingerprint density at radius 3 is 2.07 bits per heavy atom. The molecular formula is C41H51N9O3P+. The lowest BCUT2D eigenvalue weighted by atomic mass is 9.76. The summed E-state index contributed by atoms with van der Waals surface area (Å²) in [6, 6.07) is 34.2. The molecule has 282 valence electrons. The minimum Gasteiger partial charge on any atom is -0.369 e. The largest absolute Gasteiger partial charge is 0.417 e. The first-order valence-corrected chi connectivity index (χ1v) is 19.7. The van der Waals surface area contributed by atoms with Gasteiger partial charge in [-0.2, -0.15) is 5.26 Å². The number of nitrogens with one attached hydrogen (secondary N) is 2. The van der Waals surface area contributed by atoms with Crippen molar-refractivity contribution in [2.24, 2.45) is 4.99 Å². The zero-order valence-corrected chi connectivity index (χ0v) is 32.8. The zero-order valence-electron chi connectivity index (χ0n) is 31.9. The highest BCUT2D eigenvalue weighted by Crippen LogP contribution is 2.42. The molecule has 5 aromatic rings. The first kappa shape index (κ1) is 39.1. The summed E-state index contributed by atoms with van der Waals surface area (Å²) in [5, 5.41) is 13.5. The molecule has 4 atom stereocenters. The molecular weight excluding hydrogens is 697 g/mol. The van der Waals surface area contributed by atoms with E-state index in [4.69, 9.17) is 18.8 Å². The van der Waals surface area contributed by atoms with Crippen molar-refractivity contribution in [3.63, 3.8) is 0 Å². The van der Waals surface area contributed by atoms with Gasteiger partial charge < -0.3 is 9.64 Å². The lowest BCUT2D eigenvalue weighted by molar-refractivity contribution is -0.828. The van der Waals surface area contributed by atoms with Crippen LogP contribution < -0.4 is 9.99 Å². The Kier molecular flexibility index (Phi) is 13.1. The smallest absolute Gasteiger partial charge is 0.369 e. The van der Waals surface area contributed by atoms with E-state index in [-0.39, 0.29) is 24.7 Å². The first-order chi connectivity index (χ1) is 26.2. The van der Waals surface area contributed by atoms with Gasteiger partial charge in [0.1, 0.15) is 12.6 Å². The number of nitriles is 1. The lowest BCUT2D eigenvalue weighted by Crippen LogP contribution is -3.12. The van der Waals surface area contributed by atoms with Crippen molar-refractivity contribution in [3.8, 4) is 6.07 Å². The maximum atomic E-state index is 9.30. The third-order valence-electron chi connectivity index (χ3n) is 9.49. The fraction of sp³-hybridized carbons (Fsp3) is 0.390. The minimum absolute atomic E-state index is 0.210. The highest BCUT2D eigenvalue weighted by molar-refractivity contribution is 7.39. The van der Waals surface area contributed by atoms with Crippen molar-refractivity contribution < 1.29 is 18.5 Å². The van der Waals surface area contributed by atoms with Crippen molar-refractivity contribution >= 4 is 31.8 Å². The van der Waals surface area contributed by atoms with Crippen LogP contribution in [0.1, 0.15) is 63.5 Å². The summed E-state index contributed by atoms with van der Waals surface area (Å²) >= 11 is 0. The van der Waals surface area contributed by atoms with Gasteiger partial charge in [0.2, 0.25) is 0 Å². The molecule has 12 nitrogen and oxygen atoms in total. The average molecular weight is 749 g/mol. The third-order valence-corrected chi connectivity index (χ3v) is 11.7. The molecule has 0 saturated carbocycles. The number of benzene rings is 3. The van der Waals surface area contributed by atoms with Crippen LogP contribution in [0.5, 0.6) is 0 Å². The van der Waals surface area contributed by atoms with Crippen LogP contribution in [-0.4, -0.2) is 82.3 Å². The number of nitrogens with zero attached hydrogens (tertiary/aromatic N) is 7. The van der Waals surface area contributed by atoms with Crippen LogP contribution in [-0.2, 0) is 19.3 Å². The van der Waals surface area contributed by atoms with E-state index in [2.05, 4.69) is 127 Å². The molecule has 0 bridgehead atoms. The van der Waals surface area contributed by atoms with Crippen LogP contribution in [0, 0.1) is 11.3 Å². The second-order valence-corrected chi connectivity index (χ2v) is 15.8. The van der Waals surface area contributed by atoms with E-state index in [0.717, 1.165) is 16.7 Å². The molecule has 0 amide bonds. The molecule has 13 heteroatoms. The van der Waals surface area contributed by atoms with Crippen LogP contribution >= 0.6 is 8.53 Å². The van der Waals surface area contributed by atoms with Crippen LogP contribution in [0.25, 0.3) is 11.2 Å². The van der Waals surface area contributed by atoms with E-state index in [0.29, 0.717) is 36.4 Å². The monoisotopic (exact) mass is 748 g/mol. The summed E-state index contributed by atoms with van der Waals surface area (Å²) in [5.41, 5.74) is 3.81. The molecule has 3 aromatic carbocycles. The van der Waals surface area contributed by atoms with Crippen molar-refractivity contribution in [2.75, 3.05) is 27.3 Å². The van der Waals surface area contributed by atoms with Crippen LogP contribution in [0.3, 0.4) is 0 Å². The molecule has 0 radical (unpaired) electrons. The highest BCUT2D eigenvalue weighted by atomic mass is 31.2. The molecule has 1 fully saturated rings. The quantitative estimate of drug-likeness (QED) is 0.0378. The van der Waals surface area contributed by atoms with Gasteiger partial charge in [0.25, 0.3) is 0 Å². The fourth-order valence-corrected chi connectivity index (χ4v) is 8.96. The van der Waals surface area contributed by atoms with Crippen molar-refractivity contribution in [3.05, 3.63) is 120 Å². The van der Waals surface area contributed by atoms with Gasteiger partial charge in [-0.1, -0.05) is 91.0 Å². The summed E-state index contributed by atoms with van der Waals surface area (Å²) in [4.78, 5) is 20.2. The molecule has 54 heavy (non-hydrogen) atoms. The standard InChI is InChI=1S/C41H50N9O3P/c1-30(2)50(31(3)4)54(51-24-16-23-42)52-26-36-35(25-37(53-36)49-29-45-38-39(46-28-48(5)6)43-27-44-40(38)49)47-41(32-17-10-7-11-18-32,33-19-12-8-13-20-33)34-21-14-9-15-22-34/h7-15,17-22,27-31,35-37,47H,16,24-26H2,1-6H3/p+1/b46-28-. The van der Waals surface area contributed by atoms with Gasteiger partial charge in [0.05, 0.1) is 62.1 Å². The fourth-order valence-electron chi connectivity index (χ4n) is 7.21. The Bertz CT molecular complexity index is 1880. The van der Waals surface area contributed by atoms with Gasteiger partial charge in [-0.25, -0.2) is 19.9 Å². The summed E-state index contributed by atoms with van der Waals surface area (Å²) in [5.74, 6) is 0.488. The number of ether oxygens (including phenoxy) is 1. The minimum atomic E-state index is -1.42. The van der Waals surface area contributed by atoms with Gasteiger partial charge >= 0.3 is 8.53 Å². The van der Waals surface area contributed by atoms with E-state index < -0.39 is 26.4 Å². The topological polar surface area (TPSA) is 127 Å². The number of imidazole rings is 1. The second-order valence-electron chi connectivity index (χ2n) is 14.2. The number of quaternary nitrogens is 1. The van der Waals surface area contributed by atoms with Gasteiger partial charge in [-0.05, 0) is 44.4 Å². The molecule has 1 saturated heterocycles. The lowest BCUT2D eigenvalue weighted by Gasteiger charge is -2.40. The van der Waals surface area contributed by atoms with E-state index in [1.165, 1.54) is 11.0 Å². The number of aliphatic imine (C=N–C) groups is 1. The number of hydrogen-bond acceptors (Lipinski definition) is 9. The maximum absolute atomic E-state index is 9.30. The second kappa shape index (κ2) is 18.2. The molecule has 1 aliphatic heterocycles. The zero-order chi connectivity index (χ0) is 38.1. The summed E-state index contributed by atoms with van der Waals surface area (Å²) in [6.07, 6.45) is 5.03. The predicted octanol–water partition coefficient (Wildman–Crippen LogP) is 6.16. The third kappa shape index (κ3) is 8.68. The molecule has 2 N–H and O–H groups in total. The van der Waals surface area contributed by atoms with Gasteiger partial charge in [0, 0.05) is 26.6 Å². The van der Waals surface area contributed by atoms with E-state index in [9.17, 15) is 5.26 Å². The highest BCUT2D eigenvalue weighted by Gasteiger charge is 2.46. The van der Waals surface area contributed by atoms with Crippen LogP contribution in [0.2, 0.25) is 0 Å². The van der Waals surface area contributed by atoms with E-state index >= 15 is 0 Å². The van der Waals surface area contributed by atoms with Crippen molar-refractivity contribution in [1.29, 1.82) is 5.26 Å². The Labute approximate surface area is 319 Å².